The number of aromatic nitrogens is 1. The summed E-state index contributed by atoms with van der Waals surface area (Å²) >= 11 is 1.62. The molecule has 0 N–H and O–H groups in total. The minimum atomic E-state index is 0.683. The van der Waals surface area contributed by atoms with Crippen LogP contribution < -0.4 is 14.2 Å². The largest absolute Gasteiger partial charge is 0.497 e. The summed E-state index contributed by atoms with van der Waals surface area (Å²) in [6.45, 7) is 1.38. The van der Waals surface area contributed by atoms with E-state index in [1.165, 1.54) is 0 Å². The van der Waals surface area contributed by atoms with Crippen molar-refractivity contribution in [3.63, 3.8) is 0 Å². The summed E-state index contributed by atoms with van der Waals surface area (Å²) in [5.41, 5.74) is 3.03. The van der Waals surface area contributed by atoms with Crippen molar-refractivity contribution in [2.75, 3.05) is 20.3 Å². The Morgan fingerprint density at radius 1 is 1.00 bits per heavy atom. The van der Waals surface area contributed by atoms with E-state index >= 15 is 0 Å². The molecular formula is C19H17NO3S. The maximum Gasteiger partial charge on any atom is 0.161 e. The van der Waals surface area contributed by atoms with Crippen LogP contribution in [0.25, 0.3) is 21.8 Å². The predicted octanol–water partition coefficient (Wildman–Crippen LogP) is 4.65. The van der Waals surface area contributed by atoms with Crippen LogP contribution in [0.2, 0.25) is 0 Å². The number of fused-ring (bicyclic) bond motifs is 1. The average Bonchev–Trinajstić information content (AvgIpc) is 3.01. The van der Waals surface area contributed by atoms with Gasteiger partial charge in [0.25, 0.3) is 0 Å². The van der Waals surface area contributed by atoms with Gasteiger partial charge in [-0.1, -0.05) is 12.1 Å². The third kappa shape index (κ3) is 2.95. The van der Waals surface area contributed by atoms with Gasteiger partial charge in [0.15, 0.2) is 11.5 Å². The summed E-state index contributed by atoms with van der Waals surface area (Å²) in [7, 11) is 1.67. The van der Waals surface area contributed by atoms with Gasteiger partial charge in [-0.2, -0.15) is 0 Å². The highest BCUT2D eigenvalue weighted by molar-refractivity contribution is 7.13. The summed E-state index contributed by atoms with van der Waals surface area (Å²) in [6, 6.07) is 13.9. The molecule has 0 radical (unpaired) electrons. The Kier molecular flexibility index (Phi) is 4.09. The maximum atomic E-state index is 5.77. The standard InChI is InChI=1S/C19H17NO3S/c1-21-15-5-2-4-14(10-15)19-20-16(12-24-19)13-6-7-17-18(11-13)23-9-3-8-22-17/h2,4-7,10-12H,3,8-9H2,1H3. The molecule has 0 saturated heterocycles. The summed E-state index contributed by atoms with van der Waals surface area (Å²) in [5, 5.41) is 3.03. The van der Waals surface area contributed by atoms with Gasteiger partial charge in [-0.3, -0.25) is 0 Å². The first-order chi connectivity index (χ1) is 11.8. The van der Waals surface area contributed by atoms with Gasteiger partial charge in [0, 0.05) is 22.9 Å². The molecule has 0 unspecified atom stereocenters. The molecule has 0 spiro atoms. The molecule has 2 aromatic carbocycles. The molecule has 4 rings (SSSR count). The molecule has 5 heteroatoms. The first-order valence-electron chi connectivity index (χ1n) is 7.83. The van der Waals surface area contributed by atoms with Crippen molar-refractivity contribution in [2.24, 2.45) is 0 Å². The molecule has 0 bridgehead atoms. The smallest absolute Gasteiger partial charge is 0.161 e. The molecule has 1 aromatic heterocycles. The van der Waals surface area contributed by atoms with Crippen LogP contribution in [0, 0.1) is 0 Å². The Morgan fingerprint density at radius 3 is 2.75 bits per heavy atom. The Morgan fingerprint density at radius 2 is 1.88 bits per heavy atom. The van der Waals surface area contributed by atoms with Crippen LogP contribution in [0.1, 0.15) is 6.42 Å². The topological polar surface area (TPSA) is 40.6 Å². The van der Waals surface area contributed by atoms with Gasteiger partial charge in [0.2, 0.25) is 0 Å². The Bertz CT molecular complexity index is 859. The second-order valence-electron chi connectivity index (χ2n) is 5.48. The van der Waals surface area contributed by atoms with Crippen LogP contribution in [0.15, 0.2) is 47.8 Å². The van der Waals surface area contributed by atoms with Crippen molar-refractivity contribution in [3.8, 4) is 39.1 Å². The fourth-order valence-electron chi connectivity index (χ4n) is 2.62. The van der Waals surface area contributed by atoms with E-state index in [1.807, 2.05) is 42.5 Å². The van der Waals surface area contributed by atoms with E-state index in [9.17, 15) is 0 Å². The predicted molar refractivity (Wildman–Crippen MR) is 95.1 cm³/mol. The average molecular weight is 339 g/mol. The molecule has 2 heterocycles. The van der Waals surface area contributed by atoms with Crippen LogP contribution in [0.3, 0.4) is 0 Å². The Hall–Kier alpha value is -2.53. The van der Waals surface area contributed by atoms with Crippen molar-refractivity contribution >= 4 is 11.3 Å². The van der Waals surface area contributed by atoms with Crippen molar-refractivity contribution in [2.45, 2.75) is 6.42 Å². The lowest BCUT2D eigenvalue weighted by molar-refractivity contribution is 0.297. The van der Waals surface area contributed by atoms with Crippen LogP contribution >= 0.6 is 11.3 Å². The fraction of sp³-hybridized carbons (Fsp3) is 0.211. The number of methoxy groups -OCH3 is 1. The SMILES string of the molecule is COc1cccc(-c2nc(-c3ccc4c(c3)OCCCO4)cs2)c1. The van der Waals surface area contributed by atoms with E-state index in [2.05, 4.69) is 5.38 Å². The Balaban J connectivity index is 1.66. The zero-order chi connectivity index (χ0) is 16.4. The summed E-state index contributed by atoms with van der Waals surface area (Å²) in [6.07, 6.45) is 0.903. The molecule has 0 atom stereocenters. The number of thiazole rings is 1. The van der Waals surface area contributed by atoms with Crippen LogP contribution in [-0.4, -0.2) is 25.3 Å². The van der Waals surface area contributed by atoms with Crippen molar-refractivity contribution in [1.29, 1.82) is 0 Å². The normalized spacial score (nSPS) is 13.4. The van der Waals surface area contributed by atoms with E-state index in [1.54, 1.807) is 18.4 Å². The van der Waals surface area contributed by atoms with Gasteiger partial charge < -0.3 is 14.2 Å². The van der Waals surface area contributed by atoms with Crippen LogP contribution in [0.5, 0.6) is 17.2 Å². The van der Waals surface area contributed by atoms with E-state index in [0.29, 0.717) is 13.2 Å². The molecule has 0 fully saturated rings. The maximum absolute atomic E-state index is 5.77. The highest BCUT2D eigenvalue weighted by atomic mass is 32.1. The summed E-state index contributed by atoms with van der Waals surface area (Å²) < 4.78 is 16.7. The van der Waals surface area contributed by atoms with Crippen molar-refractivity contribution in [3.05, 3.63) is 47.8 Å². The first-order valence-corrected chi connectivity index (χ1v) is 8.71. The van der Waals surface area contributed by atoms with E-state index < -0.39 is 0 Å². The van der Waals surface area contributed by atoms with Gasteiger partial charge in [0.05, 0.1) is 26.0 Å². The molecule has 122 valence electrons. The minimum Gasteiger partial charge on any atom is -0.497 e. The van der Waals surface area contributed by atoms with Crippen molar-refractivity contribution < 1.29 is 14.2 Å². The lowest BCUT2D eigenvalue weighted by atomic mass is 10.1. The van der Waals surface area contributed by atoms with Gasteiger partial charge in [-0.25, -0.2) is 4.98 Å². The molecule has 0 aliphatic carbocycles. The third-order valence-corrected chi connectivity index (χ3v) is 4.76. The second-order valence-corrected chi connectivity index (χ2v) is 6.34. The number of ether oxygens (including phenoxy) is 3. The summed E-state index contributed by atoms with van der Waals surface area (Å²) in [5.74, 6) is 2.43. The zero-order valence-corrected chi connectivity index (χ0v) is 14.1. The number of hydrogen-bond acceptors (Lipinski definition) is 5. The van der Waals surface area contributed by atoms with E-state index in [-0.39, 0.29) is 0 Å². The van der Waals surface area contributed by atoms with Crippen LogP contribution in [0.4, 0.5) is 0 Å². The summed E-state index contributed by atoms with van der Waals surface area (Å²) in [4.78, 5) is 4.77. The lowest BCUT2D eigenvalue weighted by Crippen LogP contribution is -1.97. The number of benzene rings is 2. The van der Waals surface area contributed by atoms with E-state index in [0.717, 1.165) is 45.5 Å². The monoisotopic (exact) mass is 339 g/mol. The minimum absolute atomic E-state index is 0.683. The highest BCUT2D eigenvalue weighted by Crippen LogP contribution is 2.36. The molecule has 1 aliphatic heterocycles. The molecule has 1 aliphatic rings. The third-order valence-electron chi connectivity index (χ3n) is 3.86. The van der Waals surface area contributed by atoms with Gasteiger partial charge in [-0.15, -0.1) is 11.3 Å². The quantitative estimate of drug-likeness (QED) is 0.696. The molecule has 0 amide bonds. The Labute approximate surface area is 144 Å². The van der Waals surface area contributed by atoms with Crippen molar-refractivity contribution in [1.82, 2.24) is 4.98 Å². The van der Waals surface area contributed by atoms with Gasteiger partial charge in [0.1, 0.15) is 10.8 Å². The molecule has 24 heavy (non-hydrogen) atoms. The zero-order valence-electron chi connectivity index (χ0n) is 13.3. The second kappa shape index (κ2) is 6.53. The number of rotatable bonds is 3. The first kappa shape index (κ1) is 15.0. The lowest BCUT2D eigenvalue weighted by Gasteiger charge is -2.08. The van der Waals surface area contributed by atoms with Gasteiger partial charge in [-0.05, 0) is 30.3 Å². The molecule has 3 aromatic rings. The van der Waals surface area contributed by atoms with E-state index in [4.69, 9.17) is 19.2 Å². The van der Waals surface area contributed by atoms with Crippen LogP contribution in [-0.2, 0) is 0 Å². The highest BCUT2D eigenvalue weighted by Gasteiger charge is 2.13. The molecular weight excluding hydrogens is 322 g/mol. The van der Waals surface area contributed by atoms with Gasteiger partial charge >= 0.3 is 0 Å². The fourth-order valence-corrected chi connectivity index (χ4v) is 3.44. The molecule has 4 nitrogen and oxygen atoms in total. The molecule has 0 saturated carbocycles. The number of nitrogens with zero attached hydrogens (tertiary/aromatic N) is 1. The number of hydrogen-bond donors (Lipinski definition) is 0.